The quantitative estimate of drug-likeness (QED) is 0.925. The van der Waals surface area contributed by atoms with Crippen LogP contribution in [0.3, 0.4) is 0 Å². The average molecular weight is 290 g/mol. The molecule has 0 aliphatic carbocycles. The van der Waals surface area contributed by atoms with Gasteiger partial charge in [0.05, 0.1) is 6.04 Å². The van der Waals surface area contributed by atoms with Gasteiger partial charge >= 0.3 is 6.03 Å². The van der Waals surface area contributed by atoms with Gasteiger partial charge in [-0.15, -0.1) is 0 Å². The van der Waals surface area contributed by atoms with Gasteiger partial charge in [-0.25, -0.2) is 4.79 Å². The summed E-state index contributed by atoms with van der Waals surface area (Å²) in [4.78, 5) is 14.1. The maximum atomic E-state index is 12.2. The Kier molecular flexibility index (Phi) is 5.48. The number of hydrogen-bond donors (Lipinski definition) is 1. The van der Waals surface area contributed by atoms with Gasteiger partial charge in [-0.1, -0.05) is 24.6 Å². The second-order valence-electron chi connectivity index (χ2n) is 6.17. The predicted octanol–water partition coefficient (Wildman–Crippen LogP) is 3.20. The first-order valence-electron chi connectivity index (χ1n) is 7.79. The summed E-state index contributed by atoms with van der Waals surface area (Å²) in [6.07, 6.45) is 2.32. The number of carbonyl (C=O) groups excluding carboxylic acids is 1. The highest BCUT2D eigenvalue weighted by atomic mass is 16.5. The number of piperidine rings is 1. The van der Waals surface area contributed by atoms with E-state index in [1.807, 2.05) is 43.0 Å². The lowest BCUT2D eigenvalue weighted by atomic mass is 10.0. The lowest BCUT2D eigenvalue weighted by Gasteiger charge is -2.32. The highest BCUT2D eigenvalue weighted by Gasteiger charge is 2.21. The topological polar surface area (TPSA) is 41.6 Å². The lowest BCUT2D eigenvalue weighted by molar-refractivity contribution is 0.162. The van der Waals surface area contributed by atoms with E-state index in [2.05, 4.69) is 12.2 Å². The van der Waals surface area contributed by atoms with E-state index in [4.69, 9.17) is 4.74 Å². The molecule has 2 amide bonds. The molecule has 2 rings (SSSR count). The monoisotopic (exact) mass is 290 g/mol. The van der Waals surface area contributed by atoms with Gasteiger partial charge in [0.1, 0.15) is 12.4 Å². The average Bonchev–Trinajstić information content (AvgIpc) is 2.46. The number of carbonyl (C=O) groups is 1. The summed E-state index contributed by atoms with van der Waals surface area (Å²) in [7, 11) is 0. The van der Waals surface area contributed by atoms with Crippen LogP contribution in [0.25, 0.3) is 0 Å². The van der Waals surface area contributed by atoms with Gasteiger partial charge < -0.3 is 15.0 Å². The minimum Gasteiger partial charge on any atom is -0.491 e. The molecule has 0 spiro atoms. The number of ether oxygens (including phenoxy) is 1. The Morgan fingerprint density at radius 3 is 2.81 bits per heavy atom. The third kappa shape index (κ3) is 4.96. The van der Waals surface area contributed by atoms with Gasteiger partial charge in [-0.3, -0.25) is 0 Å². The van der Waals surface area contributed by atoms with E-state index in [1.165, 1.54) is 12.0 Å². The molecule has 1 aliphatic rings. The van der Waals surface area contributed by atoms with Gasteiger partial charge in [0.2, 0.25) is 0 Å². The summed E-state index contributed by atoms with van der Waals surface area (Å²) in [5.74, 6) is 1.44. The Bertz CT molecular complexity index is 458. The molecule has 0 aromatic heterocycles. The van der Waals surface area contributed by atoms with Crippen LogP contribution in [0.15, 0.2) is 24.3 Å². The number of nitrogens with zero attached hydrogens (tertiary/aromatic N) is 1. The molecule has 116 valence electrons. The Balaban J connectivity index is 1.74. The standard InChI is InChI=1S/C17H26N2O2/c1-13-6-8-16(9-7-13)21-12-15(3)18-17(20)19-10-4-5-14(2)11-19/h6-9,14-15H,4-5,10-12H2,1-3H3,(H,18,20). The summed E-state index contributed by atoms with van der Waals surface area (Å²) >= 11 is 0. The van der Waals surface area contributed by atoms with E-state index >= 15 is 0 Å². The van der Waals surface area contributed by atoms with Crippen molar-refractivity contribution in [2.45, 2.75) is 39.7 Å². The molecule has 1 aliphatic heterocycles. The minimum absolute atomic E-state index is 0.00367. The van der Waals surface area contributed by atoms with Crippen LogP contribution in [0.5, 0.6) is 5.75 Å². The van der Waals surface area contributed by atoms with Crippen molar-refractivity contribution >= 4 is 6.03 Å². The molecule has 1 heterocycles. The molecule has 2 unspecified atom stereocenters. The van der Waals surface area contributed by atoms with Crippen LogP contribution in [-0.4, -0.2) is 36.7 Å². The van der Waals surface area contributed by atoms with Crippen LogP contribution in [0.1, 0.15) is 32.3 Å². The van der Waals surface area contributed by atoms with Crippen molar-refractivity contribution in [3.8, 4) is 5.75 Å². The molecule has 1 aromatic rings. The smallest absolute Gasteiger partial charge is 0.317 e. The number of nitrogens with one attached hydrogen (secondary N) is 1. The van der Waals surface area contributed by atoms with Crippen LogP contribution in [-0.2, 0) is 0 Å². The summed E-state index contributed by atoms with van der Waals surface area (Å²) < 4.78 is 5.70. The molecule has 2 atom stereocenters. The zero-order chi connectivity index (χ0) is 15.2. The summed E-state index contributed by atoms with van der Waals surface area (Å²) in [6.45, 7) is 8.42. The third-order valence-electron chi connectivity index (χ3n) is 3.84. The molecule has 0 bridgehead atoms. The van der Waals surface area contributed by atoms with Gasteiger partial charge in [0.15, 0.2) is 0 Å². The predicted molar refractivity (Wildman–Crippen MR) is 84.6 cm³/mol. The summed E-state index contributed by atoms with van der Waals surface area (Å²) in [6, 6.07) is 7.98. The van der Waals surface area contributed by atoms with Crippen molar-refractivity contribution in [2.24, 2.45) is 5.92 Å². The van der Waals surface area contributed by atoms with Crippen molar-refractivity contribution in [1.29, 1.82) is 0 Å². The molecular formula is C17H26N2O2. The number of hydrogen-bond acceptors (Lipinski definition) is 2. The molecule has 4 heteroatoms. The molecule has 21 heavy (non-hydrogen) atoms. The zero-order valence-electron chi connectivity index (χ0n) is 13.3. The number of benzene rings is 1. The fraction of sp³-hybridized carbons (Fsp3) is 0.588. The Morgan fingerprint density at radius 1 is 1.43 bits per heavy atom. The van der Waals surface area contributed by atoms with E-state index < -0.39 is 0 Å². The van der Waals surface area contributed by atoms with Crippen molar-refractivity contribution in [2.75, 3.05) is 19.7 Å². The molecule has 0 saturated carbocycles. The SMILES string of the molecule is Cc1ccc(OCC(C)NC(=O)N2CCCC(C)C2)cc1. The first-order chi connectivity index (χ1) is 10.0. The normalized spacial score (nSPS) is 20.0. The second kappa shape index (κ2) is 7.34. The second-order valence-corrected chi connectivity index (χ2v) is 6.17. The van der Waals surface area contributed by atoms with E-state index in [0.717, 1.165) is 25.3 Å². The summed E-state index contributed by atoms with van der Waals surface area (Å²) in [5.41, 5.74) is 1.21. The molecule has 1 N–H and O–H groups in total. The van der Waals surface area contributed by atoms with E-state index in [0.29, 0.717) is 12.5 Å². The summed E-state index contributed by atoms with van der Waals surface area (Å²) in [5, 5.41) is 3.01. The van der Waals surface area contributed by atoms with Crippen molar-refractivity contribution in [3.63, 3.8) is 0 Å². The Hall–Kier alpha value is -1.71. The zero-order valence-corrected chi connectivity index (χ0v) is 13.3. The van der Waals surface area contributed by atoms with Crippen LogP contribution in [0.4, 0.5) is 4.79 Å². The Morgan fingerprint density at radius 2 is 2.14 bits per heavy atom. The third-order valence-corrected chi connectivity index (χ3v) is 3.84. The van der Waals surface area contributed by atoms with E-state index in [-0.39, 0.29) is 12.1 Å². The van der Waals surface area contributed by atoms with Crippen molar-refractivity contribution < 1.29 is 9.53 Å². The fourth-order valence-corrected chi connectivity index (χ4v) is 2.57. The van der Waals surface area contributed by atoms with Gasteiger partial charge in [-0.05, 0) is 44.7 Å². The van der Waals surface area contributed by atoms with Gasteiger partial charge in [-0.2, -0.15) is 0 Å². The largest absolute Gasteiger partial charge is 0.491 e. The molecule has 1 aromatic carbocycles. The number of likely N-dealkylation sites (tertiary alicyclic amines) is 1. The fourth-order valence-electron chi connectivity index (χ4n) is 2.57. The van der Waals surface area contributed by atoms with Crippen LogP contribution in [0, 0.1) is 12.8 Å². The first kappa shape index (κ1) is 15.7. The van der Waals surface area contributed by atoms with Crippen molar-refractivity contribution in [1.82, 2.24) is 10.2 Å². The van der Waals surface area contributed by atoms with Crippen LogP contribution < -0.4 is 10.1 Å². The van der Waals surface area contributed by atoms with Gasteiger partial charge in [0.25, 0.3) is 0 Å². The van der Waals surface area contributed by atoms with E-state index in [1.54, 1.807) is 0 Å². The molecule has 1 saturated heterocycles. The first-order valence-corrected chi connectivity index (χ1v) is 7.79. The molecule has 0 radical (unpaired) electrons. The maximum Gasteiger partial charge on any atom is 0.317 e. The molecule has 1 fully saturated rings. The Labute approximate surface area is 127 Å². The maximum absolute atomic E-state index is 12.2. The number of aryl methyl sites for hydroxylation is 1. The highest BCUT2D eigenvalue weighted by molar-refractivity contribution is 5.74. The number of rotatable bonds is 4. The lowest BCUT2D eigenvalue weighted by Crippen LogP contribution is -2.48. The van der Waals surface area contributed by atoms with E-state index in [9.17, 15) is 4.79 Å². The molecular weight excluding hydrogens is 264 g/mol. The highest BCUT2D eigenvalue weighted by Crippen LogP contribution is 2.15. The minimum atomic E-state index is -0.00367. The van der Waals surface area contributed by atoms with Gasteiger partial charge in [0, 0.05) is 13.1 Å². The molecule has 4 nitrogen and oxygen atoms in total. The van der Waals surface area contributed by atoms with Crippen molar-refractivity contribution in [3.05, 3.63) is 29.8 Å². The number of urea groups is 1. The van der Waals surface area contributed by atoms with Crippen LogP contribution >= 0.6 is 0 Å². The number of amides is 2. The van der Waals surface area contributed by atoms with Crippen LogP contribution in [0.2, 0.25) is 0 Å².